The van der Waals surface area contributed by atoms with Crippen LogP contribution in [0.4, 0.5) is 14.5 Å². The number of carbonyl (C=O) groups is 1. The predicted octanol–water partition coefficient (Wildman–Crippen LogP) is 0.977. The fraction of sp³-hybridized carbons (Fsp3) is 0.417. The number of amides is 1. The van der Waals surface area contributed by atoms with Crippen molar-refractivity contribution in [1.29, 1.82) is 0 Å². The Kier molecular flexibility index (Phi) is 5.50. The summed E-state index contributed by atoms with van der Waals surface area (Å²) >= 11 is 0. The molecule has 5 nitrogen and oxygen atoms in total. The number of ether oxygens (including phenoxy) is 1. The van der Waals surface area contributed by atoms with E-state index in [4.69, 9.17) is 15.6 Å². The third-order valence-corrected chi connectivity index (χ3v) is 2.50. The van der Waals surface area contributed by atoms with Crippen molar-refractivity contribution in [3.63, 3.8) is 0 Å². The van der Waals surface area contributed by atoms with E-state index in [2.05, 4.69) is 0 Å². The number of hydrogen-bond acceptors (Lipinski definition) is 4. The summed E-state index contributed by atoms with van der Waals surface area (Å²) in [6, 6.07) is 4.36. The Morgan fingerprint density at radius 1 is 1.53 bits per heavy atom. The maximum atomic E-state index is 12.4. The number of aliphatic hydroxyl groups excluding tert-OH is 1. The smallest absolute Gasteiger partial charge is 0.256 e. The van der Waals surface area contributed by atoms with Gasteiger partial charge in [-0.3, -0.25) is 4.79 Å². The number of benzene rings is 1. The molecule has 0 atom stereocenters. The predicted molar refractivity (Wildman–Crippen MR) is 66.4 cm³/mol. The highest BCUT2D eigenvalue weighted by Crippen LogP contribution is 2.21. The van der Waals surface area contributed by atoms with E-state index in [1.54, 1.807) is 0 Å². The molecular weight excluding hydrogens is 258 g/mol. The number of nitrogen functional groups attached to an aromatic ring is 1. The quantitative estimate of drug-likeness (QED) is 0.758. The number of nitrogens with two attached hydrogens (primary N) is 1. The minimum atomic E-state index is -2.67. The molecule has 0 radical (unpaired) electrons. The lowest BCUT2D eigenvalue weighted by Gasteiger charge is -2.22. The van der Waals surface area contributed by atoms with Crippen molar-refractivity contribution >= 4 is 11.6 Å². The third kappa shape index (κ3) is 4.06. The highest BCUT2D eigenvalue weighted by atomic mass is 19.3. The Balaban J connectivity index is 2.95. The van der Waals surface area contributed by atoms with Crippen molar-refractivity contribution in [2.45, 2.75) is 6.43 Å². The van der Waals surface area contributed by atoms with Gasteiger partial charge in [-0.25, -0.2) is 8.78 Å². The van der Waals surface area contributed by atoms with E-state index in [9.17, 15) is 13.6 Å². The summed E-state index contributed by atoms with van der Waals surface area (Å²) in [5, 5.41) is 8.81. The van der Waals surface area contributed by atoms with Crippen molar-refractivity contribution in [2.24, 2.45) is 0 Å². The number of hydrogen-bond donors (Lipinski definition) is 2. The Hall–Kier alpha value is -1.89. The van der Waals surface area contributed by atoms with Crippen LogP contribution in [0, 0.1) is 0 Å². The van der Waals surface area contributed by atoms with E-state index in [1.165, 1.54) is 25.3 Å². The molecule has 1 aromatic rings. The Morgan fingerprint density at radius 3 is 2.68 bits per heavy atom. The first-order chi connectivity index (χ1) is 8.99. The fourth-order valence-electron chi connectivity index (χ4n) is 1.60. The van der Waals surface area contributed by atoms with Crippen LogP contribution in [-0.2, 0) is 0 Å². The number of methoxy groups -OCH3 is 1. The van der Waals surface area contributed by atoms with Gasteiger partial charge in [-0.05, 0) is 12.1 Å². The van der Waals surface area contributed by atoms with Gasteiger partial charge in [0.25, 0.3) is 12.3 Å². The van der Waals surface area contributed by atoms with Crippen LogP contribution in [0.25, 0.3) is 0 Å². The zero-order chi connectivity index (χ0) is 14.4. The molecule has 0 unspecified atom stereocenters. The minimum Gasteiger partial charge on any atom is -0.497 e. The third-order valence-electron chi connectivity index (χ3n) is 2.50. The van der Waals surface area contributed by atoms with Crippen LogP contribution in [0.1, 0.15) is 10.4 Å². The zero-order valence-electron chi connectivity index (χ0n) is 10.5. The lowest BCUT2D eigenvalue weighted by atomic mass is 10.1. The first-order valence-electron chi connectivity index (χ1n) is 5.61. The SMILES string of the molecule is COc1ccc(C(=O)N(CCO)CC(F)F)c(N)c1. The largest absolute Gasteiger partial charge is 0.497 e. The summed E-state index contributed by atoms with van der Waals surface area (Å²) < 4.78 is 29.7. The minimum absolute atomic E-state index is 0.106. The first-order valence-corrected chi connectivity index (χ1v) is 5.61. The van der Waals surface area contributed by atoms with Gasteiger partial charge < -0.3 is 20.5 Å². The van der Waals surface area contributed by atoms with Gasteiger partial charge in [0.05, 0.1) is 25.8 Å². The van der Waals surface area contributed by atoms with Crippen LogP contribution < -0.4 is 10.5 Å². The second-order valence-electron chi connectivity index (χ2n) is 3.82. The average Bonchev–Trinajstić information content (AvgIpc) is 2.36. The van der Waals surface area contributed by atoms with Gasteiger partial charge in [0.1, 0.15) is 5.75 Å². The van der Waals surface area contributed by atoms with Gasteiger partial charge in [-0.15, -0.1) is 0 Å². The molecule has 3 N–H and O–H groups in total. The Labute approximate surface area is 109 Å². The number of alkyl halides is 2. The van der Waals surface area contributed by atoms with E-state index in [0.29, 0.717) is 5.75 Å². The molecule has 106 valence electrons. The number of anilines is 1. The Morgan fingerprint density at radius 2 is 2.21 bits per heavy atom. The fourth-order valence-corrected chi connectivity index (χ4v) is 1.60. The molecule has 1 rings (SSSR count). The van der Waals surface area contributed by atoms with E-state index in [1.807, 2.05) is 0 Å². The summed E-state index contributed by atoms with van der Waals surface area (Å²) in [6.45, 7) is -1.31. The molecule has 0 heterocycles. The molecule has 0 aliphatic heterocycles. The molecule has 0 fully saturated rings. The maximum absolute atomic E-state index is 12.4. The highest BCUT2D eigenvalue weighted by molar-refractivity contribution is 5.99. The number of halogens is 2. The van der Waals surface area contributed by atoms with Gasteiger partial charge >= 0.3 is 0 Å². The molecule has 19 heavy (non-hydrogen) atoms. The number of carbonyl (C=O) groups excluding carboxylic acids is 1. The molecule has 0 aromatic heterocycles. The van der Waals surface area contributed by atoms with Crippen LogP contribution in [0.2, 0.25) is 0 Å². The summed E-state index contributed by atoms with van der Waals surface area (Å²) in [7, 11) is 1.45. The molecule has 0 aliphatic rings. The molecule has 0 saturated carbocycles. The molecular formula is C12H16F2N2O3. The molecule has 1 amide bonds. The average molecular weight is 274 g/mol. The molecule has 0 spiro atoms. The first kappa shape index (κ1) is 15.2. The van der Waals surface area contributed by atoms with Crippen LogP contribution in [0.5, 0.6) is 5.75 Å². The standard InChI is InChI=1S/C12H16F2N2O3/c1-19-8-2-3-9(10(15)6-8)12(18)16(4-5-17)7-11(13)14/h2-3,6,11,17H,4-5,7,15H2,1H3. The normalized spacial score (nSPS) is 10.6. The number of nitrogens with zero attached hydrogens (tertiary/aromatic N) is 1. The van der Waals surface area contributed by atoms with E-state index in [-0.39, 0.29) is 17.8 Å². The topological polar surface area (TPSA) is 75.8 Å². The Bertz CT molecular complexity index is 441. The second kappa shape index (κ2) is 6.89. The number of aliphatic hydroxyl groups is 1. The molecule has 7 heteroatoms. The molecule has 0 saturated heterocycles. The van der Waals surface area contributed by atoms with Gasteiger partial charge in [0.2, 0.25) is 0 Å². The van der Waals surface area contributed by atoms with Gasteiger partial charge in [-0.1, -0.05) is 0 Å². The van der Waals surface area contributed by atoms with Crippen molar-refractivity contribution in [3.8, 4) is 5.75 Å². The van der Waals surface area contributed by atoms with E-state index in [0.717, 1.165) is 4.90 Å². The van der Waals surface area contributed by atoms with Crippen molar-refractivity contribution in [2.75, 3.05) is 32.5 Å². The van der Waals surface area contributed by atoms with Crippen LogP contribution >= 0.6 is 0 Å². The van der Waals surface area contributed by atoms with E-state index >= 15 is 0 Å². The van der Waals surface area contributed by atoms with E-state index < -0.39 is 25.5 Å². The molecule has 0 bridgehead atoms. The summed E-state index contributed by atoms with van der Waals surface area (Å²) in [4.78, 5) is 12.9. The van der Waals surface area contributed by atoms with Crippen molar-refractivity contribution < 1.29 is 23.4 Å². The molecule has 0 aliphatic carbocycles. The highest BCUT2D eigenvalue weighted by Gasteiger charge is 2.21. The maximum Gasteiger partial charge on any atom is 0.256 e. The monoisotopic (exact) mass is 274 g/mol. The molecule has 1 aromatic carbocycles. The summed E-state index contributed by atoms with van der Waals surface area (Å²) in [5.74, 6) is -0.175. The van der Waals surface area contributed by atoms with Gasteiger partial charge in [0, 0.05) is 18.3 Å². The van der Waals surface area contributed by atoms with Crippen molar-refractivity contribution in [1.82, 2.24) is 4.90 Å². The van der Waals surface area contributed by atoms with Crippen LogP contribution in [-0.4, -0.2) is 49.1 Å². The zero-order valence-corrected chi connectivity index (χ0v) is 10.5. The van der Waals surface area contributed by atoms with Gasteiger partial charge in [0.15, 0.2) is 0 Å². The number of rotatable bonds is 6. The van der Waals surface area contributed by atoms with Gasteiger partial charge in [-0.2, -0.15) is 0 Å². The lowest BCUT2D eigenvalue weighted by Crippen LogP contribution is -2.37. The second-order valence-corrected chi connectivity index (χ2v) is 3.82. The van der Waals surface area contributed by atoms with Crippen LogP contribution in [0.15, 0.2) is 18.2 Å². The lowest BCUT2D eigenvalue weighted by molar-refractivity contribution is 0.0510. The summed E-state index contributed by atoms with van der Waals surface area (Å²) in [6.07, 6.45) is -2.67. The van der Waals surface area contributed by atoms with Crippen molar-refractivity contribution in [3.05, 3.63) is 23.8 Å². The van der Waals surface area contributed by atoms with Crippen LogP contribution in [0.3, 0.4) is 0 Å². The summed E-state index contributed by atoms with van der Waals surface area (Å²) in [5.41, 5.74) is 5.93.